The van der Waals surface area contributed by atoms with Crippen molar-refractivity contribution in [2.75, 3.05) is 6.61 Å². The standard InChI is InChI=1S/C8H18O2/c1-6(2)8(9)5-10-7(3)4/h6-9H,5H2,1-4H3. The first kappa shape index (κ1) is 9.92. The van der Waals surface area contributed by atoms with Gasteiger partial charge in [-0.25, -0.2) is 0 Å². The van der Waals surface area contributed by atoms with E-state index >= 15 is 0 Å². The van der Waals surface area contributed by atoms with Crippen LogP contribution < -0.4 is 0 Å². The number of hydrogen-bond acceptors (Lipinski definition) is 2. The van der Waals surface area contributed by atoms with Crippen molar-refractivity contribution >= 4 is 0 Å². The minimum absolute atomic E-state index is 0.216. The van der Waals surface area contributed by atoms with Crippen LogP contribution in [0.3, 0.4) is 0 Å². The van der Waals surface area contributed by atoms with E-state index in [1.807, 2.05) is 27.7 Å². The Morgan fingerprint density at radius 3 is 2.00 bits per heavy atom. The Hall–Kier alpha value is -0.0800. The summed E-state index contributed by atoms with van der Waals surface area (Å²) in [6.07, 6.45) is -0.101. The summed E-state index contributed by atoms with van der Waals surface area (Å²) in [5.74, 6) is 0.291. The highest BCUT2D eigenvalue weighted by atomic mass is 16.5. The van der Waals surface area contributed by atoms with Gasteiger partial charge in [0.1, 0.15) is 0 Å². The van der Waals surface area contributed by atoms with Crippen LogP contribution in [0, 0.1) is 5.92 Å². The molecular formula is C8H18O2. The van der Waals surface area contributed by atoms with E-state index in [0.29, 0.717) is 12.5 Å². The summed E-state index contributed by atoms with van der Waals surface area (Å²) in [4.78, 5) is 0. The summed E-state index contributed by atoms with van der Waals surface area (Å²) in [5, 5.41) is 9.25. The Labute approximate surface area is 63.2 Å². The zero-order chi connectivity index (χ0) is 8.15. The van der Waals surface area contributed by atoms with Gasteiger partial charge in [0, 0.05) is 0 Å². The van der Waals surface area contributed by atoms with Gasteiger partial charge in [-0.3, -0.25) is 0 Å². The van der Waals surface area contributed by atoms with Gasteiger partial charge in [-0.2, -0.15) is 0 Å². The van der Waals surface area contributed by atoms with Gasteiger partial charge in [-0.15, -0.1) is 0 Å². The molecule has 1 atom stereocenters. The van der Waals surface area contributed by atoms with Crippen LogP contribution in [0.4, 0.5) is 0 Å². The summed E-state index contributed by atoms with van der Waals surface area (Å²) in [6.45, 7) is 8.35. The maximum absolute atomic E-state index is 9.25. The lowest BCUT2D eigenvalue weighted by Gasteiger charge is -2.15. The van der Waals surface area contributed by atoms with Crippen LogP contribution >= 0.6 is 0 Å². The highest BCUT2D eigenvalue weighted by Crippen LogP contribution is 2.02. The Bertz CT molecular complexity index is 79.3. The second-order valence-electron chi connectivity index (χ2n) is 3.19. The van der Waals surface area contributed by atoms with Gasteiger partial charge in [-0.05, 0) is 19.8 Å². The molecule has 2 heteroatoms. The van der Waals surface area contributed by atoms with Crippen LogP contribution in [0.5, 0.6) is 0 Å². The molecule has 0 amide bonds. The zero-order valence-electron chi connectivity index (χ0n) is 7.29. The summed E-state index contributed by atoms with van der Waals surface area (Å²) in [7, 11) is 0. The van der Waals surface area contributed by atoms with Crippen LogP contribution in [0.2, 0.25) is 0 Å². The molecule has 0 radical (unpaired) electrons. The third-order valence-electron chi connectivity index (χ3n) is 1.37. The number of aliphatic hydroxyl groups excluding tert-OH is 1. The van der Waals surface area contributed by atoms with Crippen LogP contribution in [0.25, 0.3) is 0 Å². The molecule has 0 fully saturated rings. The predicted molar refractivity (Wildman–Crippen MR) is 41.9 cm³/mol. The fraction of sp³-hybridized carbons (Fsp3) is 1.00. The van der Waals surface area contributed by atoms with Crippen molar-refractivity contribution in [1.29, 1.82) is 0 Å². The smallest absolute Gasteiger partial charge is 0.0796 e. The topological polar surface area (TPSA) is 29.5 Å². The van der Waals surface area contributed by atoms with Crippen molar-refractivity contribution in [1.82, 2.24) is 0 Å². The van der Waals surface area contributed by atoms with E-state index in [-0.39, 0.29) is 12.2 Å². The Balaban J connectivity index is 3.30. The SMILES string of the molecule is CC(C)OCC(O)C(C)C. The van der Waals surface area contributed by atoms with Gasteiger partial charge < -0.3 is 9.84 Å². The number of hydrogen-bond donors (Lipinski definition) is 1. The highest BCUT2D eigenvalue weighted by molar-refractivity contribution is 4.58. The average Bonchev–Trinajstić information content (AvgIpc) is 1.82. The second-order valence-corrected chi connectivity index (χ2v) is 3.19. The number of aliphatic hydroxyl groups is 1. The van der Waals surface area contributed by atoms with Crippen molar-refractivity contribution in [2.24, 2.45) is 5.92 Å². The average molecular weight is 146 g/mol. The van der Waals surface area contributed by atoms with E-state index < -0.39 is 0 Å². The predicted octanol–water partition coefficient (Wildman–Crippen LogP) is 1.43. The van der Waals surface area contributed by atoms with E-state index in [4.69, 9.17) is 4.74 Å². The lowest BCUT2D eigenvalue weighted by molar-refractivity contribution is -0.0127. The first-order valence-electron chi connectivity index (χ1n) is 3.83. The molecule has 0 heterocycles. The van der Waals surface area contributed by atoms with E-state index in [9.17, 15) is 5.11 Å². The quantitative estimate of drug-likeness (QED) is 0.650. The molecule has 0 aliphatic heterocycles. The molecule has 0 aliphatic carbocycles. The molecule has 0 rings (SSSR count). The van der Waals surface area contributed by atoms with Gasteiger partial charge in [-0.1, -0.05) is 13.8 Å². The highest BCUT2D eigenvalue weighted by Gasteiger charge is 2.09. The van der Waals surface area contributed by atoms with Gasteiger partial charge in [0.2, 0.25) is 0 Å². The van der Waals surface area contributed by atoms with Gasteiger partial charge in [0.15, 0.2) is 0 Å². The fourth-order valence-electron chi connectivity index (χ4n) is 0.483. The summed E-state index contributed by atoms with van der Waals surface area (Å²) >= 11 is 0. The maximum atomic E-state index is 9.25. The molecule has 10 heavy (non-hydrogen) atoms. The molecule has 2 nitrogen and oxygen atoms in total. The van der Waals surface area contributed by atoms with Gasteiger partial charge in [0.05, 0.1) is 18.8 Å². The monoisotopic (exact) mass is 146 g/mol. The third-order valence-corrected chi connectivity index (χ3v) is 1.37. The molecule has 62 valence electrons. The number of rotatable bonds is 4. The van der Waals surface area contributed by atoms with Crippen molar-refractivity contribution in [3.63, 3.8) is 0 Å². The van der Waals surface area contributed by atoms with Crippen LogP contribution in [-0.2, 0) is 4.74 Å². The molecule has 0 spiro atoms. The fourth-order valence-corrected chi connectivity index (χ4v) is 0.483. The molecule has 1 unspecified atom stereocenters. The first-order chi connectivity index (χ1) is 4.54. The molecule has 0 saturated carbocycles. The van der Waals surface area contributed by atoms with Crippen molar-refractivity contribution in [2.45, 2.75) is 39.9 Å². The molecule has 0 aromatic carbocycles. The second kappa shape index (κ2) is 4.69. The van der Waals surface area contributed by atoms with Crippen LogP contribution in [-0.4, -0.2) is 23.9 Å². The molecule has 1 N–H and O–H groups in total. The van der Waals surface area contributed by atoms with E-state index in [1.54, 1.807) is 0 Å². The van der Waals surface area contributed by atoms with Crippen LogP contribution in [0.15, 0.2) is 0 Å². The Morgan fingerprint density at radius 2 is 1.70 bits per heavy atom. The summed E-state index contributed by atoms with van der Waals surface area (Å²) in [5.41, 5.74) is 0. The lowest BCUT2D eigenvalue weighted by Crippen LogP contribution is -2.23. The van der Waals surface area contributed by atoms with Crippen LogP contribution in [0.1, 0.15) is 27.7 Å². The maximum Gasteiger partial charge on any atom is 0.0796 e. The molecule has 0 saturated heterocycles. The molecule has 0 aromatic heterocycles. The lowest BCUT2D eigenvalue weighted by atomic mass is 10.1. The first-order valence-corrected chi connectivity index (χ1v) is 3.83. The van der Waals surface area contributed by atoms with E-state index in [1.165, 1.54) is 0 Å². The third kappa shape index (κ3) is 4.77. The van der Waals surface area contributed by atoms with Gasteiger partial charge >= 0.3 is 0 Å². The van der Waals surface area contributed by atoms with Crippen molar-refractivity contribution in [3.05, 3.63) is 0 Å². The number of ether oxygens (including phenoxy) is 1. The minimum Gasteiger partial charge on any atom is -0.390 e. The normalized spacial score (nSPS) is 14.7. The van der Waals surface area contributed by atoms with E-state index in [2.05, 4.69) is 0 Å². The summed E-state index contributed by atoms with van der Waals surface area (Å²) < 4.78 is 5.21. The van der Waals surface area contributed by atoms with E-state index in [0.717, 1.165) is 0 Å². The minimum atomic E-state index is -0.317. The van der Waals surface area contributed by atoms with Gasteiger partial charge in [0.25, 0.3) is 0 Å². The zero-order valence-corrected chi connectivity index (χ0v) is 7.29. The largest absolute Gasteiger partial charge is 0.390 e. The Kier molecular flexibility index (Phi) is 4.65. The molecule has 0 aromatic rings. The summed E-state index contributed by atoms with van der Waals surface area (Å²) in [6, 6.07) is 0. The van der Waals surface area contributed by atoms with Crippen molar-refractivity contribution < 1.29 is 9.84 Å². The molecule has 0 bridgehead atoms. The molecule has 0 aliphatic rings. The van der Waals surface area contributed by atoms with Crippen molar-refractivity contribution in [3.8, 4) is 0 Å². The molecular weight excluding hydrogens is 128 g/mol. The Morgan fingerprint density at radius 1 is 1.20 bits per heavy atom.